The van der Waals surface area contributed by atoms with Crippen LogP contribution in [0.2, 0.25) is 19.6 Å². The van der Waals surface area contributed by atoms with Gasteiger partial charge in [-0.1, -0.05) is 43.9 Å². The number of fused-ring (bicyclic) bond motifs is 1. The van der Waals surface area contributed by atoms with Gasteiger partial charge in [0.15, 0.2) is 0 Å². The summed E-state index contributed by atoms with van der Waals surface area (Å²) in [5.74, 6) is 0. The second-order valence-corrected chi connectivity index (χ2v) is 9.87. The van der Waals surface area contributed by atoms with Crippen LogP contribution in [0.4, 0.5) is 11.4 Å². The van der Waals surface area contributed by atoms with Crippen molar-refractivity contribution < 1.29 is 0 Å². The molecule has 0 amide bonds. The number of nitrogen functional groups attached to an aromatic ring is 1. The van der Waals surface area contributed by atoms with E-state index in [1.54, 1.807) is 0 Å². The van der Waals surface area contributed by atoms with Gasteiger partial charge < -0.3 is 10.7 Å². The Morgan fingerprint density at radius 2 is 1.56 bits per heavy atom. The van der Waals surface area contributed by atoms with Crippen LogP contribution in [0.15, 0.2) is 36.4 Å². The average molecular weight is 230 g/mol. The molecule has 0 saturated heterocycles. The van der Waals surface area contributed by atoms with Crippen molar-refractivity contribution in [3.63, 3.8) is 0 Å². The Hall–Kier alpha value is -1.48. The first kappa shape index (κ1) is 11.0. The fourth-order valence-corrected chi connectivity index (χ4v) is 2.86. The summed E-state index contributed by atoms with van der Waals surface area (Å²) in [6, 6.07) is 12.3. The predicted octanol–water partition coefficient (Wildman–Crippen LogP) is 3.67. The second kappa shape index (κ2) is 3.83. The lowest BCUT2D eigenvalue weighted by atomic mass is 10.1. The molecular weight excluding hydrogens is 212 g/mol. The highest BCUT2D eigenvalue weighted by atomic mass is 28.3. The van der Waals surface area contributed by atoms with E-state index in [0.29, 0.717) is 0 Å². The van der Waals surface area contributed by atoms with Gasteiger partial charge in [0, 0.05) is 22.1 Å². The van der Waals surface area contributed by atoms with Crippen LogP contribution in [0, 0.1) is 0 Å². The number of nitrogens with one attached hydrogen (secondary N) is 1. The molecule has 0 saturated carbocycles. The Morgan fingerprint density at radius 1 is 0.938 bits per heavy atom. The molecule has 3 N–H and O–H groups in total. The van der Waals surface area contributed by atoms with Gasteiger partial charge in [-0.15, -0.1) is 0 Å². The van der Waals surface area contributed by atoms with Gasteiger partial charge in [-0.25, -0.2) is 0 Å². The SMILES string of the molecule is C[Si](C)(C)Nc1ccc(N)c2ccccc12. The Bertz CT molecular complexity index is 515. The van der Waals surface area contributed by atoms with Crippen molar-refractivity contribution in [1.82, 2.24) is 0 Å². The molecule has 0 radical (unpaired) electrons. The summed E-state index contributed by atoms with van der Waals surface area (Å²) >= 11 is 0. The summed E-state index contributed by atoms with van der Waals surface area (Å²) in [5, 5.41) is 2.34. The number of nitrogens with two attached hydrogens (primary N) is 1. The first-order chi connectivity index (χ1) is 7.47. The zero-order valence-corrected chi connectivity index (χ0v) is 11.0. The van der Waals surface area contributed by atoms with Crippen LogP contribution in [0.1, 0.15) is 0 Å². The predicted molar refractivity (Wildman–Crippen MR) is 75.3 cm³/mol. The van der Waals surface area contributed by atoms with Crippen LogP contribution in [0.25, 0.3) is 10.8 Å². The normalized spacial score (nSPS) is 11.7. The first-order valence-corrected chi connectivity index (χ1v) is 9.03. The highest BCUT2D eigenvalue weighted by Gasteiger charge is 2.14. The summed E-state index contributed by atoms with van der Waals surface area (Å²) in [5.41, 5.74) is 8.01. The maximum Gasteiger partial charge on any atom is 0.144 e. The Morgan fingerprint density at radius 3 is 2.19 bits per heavy atom. The summed E-state index contributed by atoms with van der Waals surface area (Å²) in [7, 11) is -1.32. The van der Waals surface area contributed by atoms with Crippen molar-refractivity contribution in [2.24, 2.45) is 0 Å². The van der Waals surface area contributed by atoms with E-state index in [0.717, 1.165) is 11.1 Å². The molecule has 2 aromatic rings. The Balaban J connectivity index is 2.59. The third-order valence-electron chi connectivity index (χ3n) is 2.47. The molecule has 16 heavy (non-hydrogen) atoms. The molecule has 0 unspecified atom stereocenters. The highest BCUT2D eigenvalue weighted by Crippen LogP contribution is 2.29. The number of hydrogen-bond acceptors (Lipinski definition) is 2. The molecule has 0 aromatic heterocycles. The second-order valence-electron chi connectivity index (χ2n) is 5.12. The van der Waals surface area contributed by atoms with Gasteiger partial charge in [-0.3, -0.25) is 0 Å². The molecule has 0 bridgehead atoms. The van der Waals surface area contributed by atoms with E-state index in [9.17, 15) is 0 Å². The largest absolute Gasteiger partial charge is 0.410 e. The van der Waals surface area contributed by atoms with Gasteiger partial charge in [0.05, 0.1) is 0 Å². The van der Waals surface area contributed by atoms with E-state index >= 15 is 0 Å². The molecule has 0 heterocycles. The number of rotatable bonds is 2. The van der Waals surface area contributed by atoms with Gasteiger partial charge in [-0.05, 0) is 12.1 Å². The highest BCUT2D eigenvalue weighted by molar-refractivity contribution is 6.79. The smallest absolute Gasteiger partial charge is 0.144 e. The van der Waals surface area contributed by atoms with E-state index in [2.05, 4.69) is 48.9 Å². The van der Waals surface area contributed by atoms with Gasteiger partial charge in [0.25, 0.3) is 0 Å². The van der Waals surface area contributed by atoms with Crippen LogP contribution in [-0.4, -0.2) is 8.24 Å². The van der Waals surface area contributed by atoms with Crippen LogP contribution >= 0.6 is 0 Å². The summed E-state index contributed by atoms with van der Waals surface area (Å²) in [6.45, 7) is 6.87. The lowest BCUT2D eigenvalue weighted by Crippen LogP contribution is -2.32. The molecule has 2 rings (SSSR count). The molecule has 2 aromatic carbocycles. The lowest BCUT2D eigenvalue weighted by molar-refractivity contribution is 1.60. The van der Waals surface area contributed by atoms with E-state index in [4.69, 9.17) is 5.73 Å². The third-order valence-corrected chi connectivity index (χ3v) is 3.49. The van der Waals surface area contributed by atoms with E-state index < -0.39 is 8.24 Å². The zero-order valence-electron chi connectivity index (χ0n) is 10.0. The van der Waals surface area contributed by atoms with Crippen molar-refractivity contribution in [2.75, 3.05) is 10.7 Å². The molecule has 0 spiro atoms. The molecule has 2 nitrogen and oxygen atoms in total. The van der Waals surface area contributed by atoms with Gasteiger partial charge in [0.2, 0.25) is 0 Å². The molecule has 84 valence electrons. The van der Waals surface area contributed by atoms with Crippen LogP contribution in [-0.2, 0) is 0 Å². The van der Waals surface area contributed by atoms with Crippen molar-refractivity contribution >= 4 is 30.4 Å². The summed E-state index contributed by atoms with van der Waals surface area (Å²) < 4.78 is 0. The minimum absolute atomic E-state index is 0.844. The maximum absolute atomic E-state index is 5.97. The number of hydrogen-bond donors (Lipinski definition) is 2. The van der Waals surface area contributed by atoms with Crippen molar-refractivity contribution in [1.29, 1.82) is 0 Å². The van der Waals surface area contributed by atoms with Crippen molar-refractivity contribution in [3.8, 4) is 0 Å². The number of anilines is 2. The van der Waals surface area contributed by atoms with Gasteiger partial charge >= 0.3 is 0 Å². The molecule has 0 aliphatic heterocycles. The van der Waals surface area contributed by atoms with Crippen LogP contribution in [0.5, 0.6) is 0 Å². The monoisotopic (exact) mass is 230 g/mol. The first-order valence-electron chi connectivity index (χ1n) is 5.53. The fraction of sp³-hybridized carbons (Fsp3) is 0.231. The molecule has 3 heteroatoms. The zero-order chi connectivity index (χ0) is 11.8. The molecule has 0 aliphatic rings. The topological polar surface area (TPSA) is 38.0 Å². The standard InChI is InChI=1S/C13H18N2Si/c1-16(2,3)15-13-9-8-12(14)10-6-4-5-7-11(10)13/h4-9,15H,14H2,1-3H3. The number of benzene rings is 2. The fourth-order valence-electron chi connectivity index (χ4n) is 1.84. The van der Waals surface area contributed by atoms with E-state index in [1.165, 1.54) is 11.1 Å². The average Bonchev–Trinajstić information content (AvgIpc) is 2.21. The van der Waals surface area contributed by atoms with Crippen molar-refractivity contribution in [2.45, 2.75) is 19.6 Å². The summed E-state index contributed by atoms with van der Waals surface area (Å²) in [4.78, 5) is 3.63. The molecule has 0 aliphatic carbocycles. The quantitative estimate of drug-likeness (QED) is 0.610. The maximum atomic E-state index is 5.97. The van der Waals surface area contributed by atoms with Crippen LogP contribution in [0.3, 0.4) is 0 Å². The molecule has 0 atom stereocenters. The Kier molecular flexibility index (Phi) is 2.64. The van der Waals surface area contributed by atoms with Gasteiger partial charge in [-0.2, -0.15) is 0 Å². The van der Waals surface area contributed by atoms with Crippen LogP contribution < -0.4 is 10.7 Å². The van der Waals surface area contributed by atoms with Gasteiger partial charge in [0.1, 0.15) is 8.24 Å². The molecule has 0 fully saturated rings. The van der Waals surface area contributed by atoms with E-state index in [1.807, 2.05) is 12.1 Å². The third kappa shape index (κ3) is 2.19. The minimum atomic E-state index is -1.32. The minimum Gasteiger partial charge on any atom is -0.410 e. The lowest BCUT2D eigenvalue weighted by Gasteiger charge is -2.21. The summed E-state index contributed by atoms with van der Waals surface area (Å²) in [6.07, 6.45) is 0. The molecular formula is C13H18N2Si. The van der Waals surface area contributed by atoms with E-state index in [-0.39, 0.29) is 0 Å². The Labute approximate surface area is 97.6 Å². The van der Waals surface area contributed by atoms with Crippen molar-refractivity contribution in [3.05, 3.63) is 36.4 Å².